The molecular formula is C10H8O2. The maximum absolute atomic E-state index is 5.27. The van der Waals surface area contributed by atoms with Crippen LogP contribution in [0.25, 0.3) is 11.2 Å². The summed E-state index contributed by atoms with van der Waals surface area (Å²) in [5, 5.41) is 0. The fourth-order valence-corrected chi connectivity index (χ4v) is 0.961. The fraction of sp³-hybridized carbons (Fsp3) is 0. The second-order valence-electron chi connectivity index (χ2n) is 2.34. The van der Waals surface area contributed by atoms with Crippen LogP contribution in [0.4, 0.5) is 0 Å². The zero-order valence-corrected chi connectivity index (χ0v) is 6.44. The van der Waals surface area contributed by atoms with E-state index in [9.17, 15) is 0 Å². The van der Waals surface area contributed by atoms with Crippen LogP contribution in [0.1, 0.15) is 0 Å². The largest absolute Gasteiger partial charge is 0.461 e. The third-order valence-electron chi connectivity index (χ3n) is 1.51. The molecule has 0 aliphatic heterocycles. The smallest absolute Gasteiger partial charge is 0.168 e. The molecule has 2 nitrogen and oxygen atoms in total. The first-order valence-corrected chi connectivity index (χ1v) is 3.71. The minimum absolute atomic E-state index is 0.734. The van der Waals surface area contributed by atoms with Crippen LogP contribution in [0.15, 0.2) is 57.8 Å². The van der Waals surface area contributed by atoms with Gasteiger partial charge in [0.25, 0.3) is 0 Å². The van der Waals surface area contributed by atoms with Crippen molar-refractivity contribution in [3.8, 4) is 0 Å². The Labute approximate surface area is 69.7 Å². The molecule has 0 saturated carbocycles. The van der Waals surface area contributed by atoms with Gasteiger partial charge in [-0.1, -0.05) is 12.1 Å². The Bertz CT molecular complexity index is 370. The monoisotopic (exact) mass is 160 g/mol. The van der Waals surface area contributed by atoms with Crippen LogP contribution < -0.4 is 0 Å². The molecule has 2 heteroatoms. The maximum atomic E-state index is 5.27. The summed E-state index contributed by atoms with van der Waals surface area (Å²) < 4.78 is 10.5. The Morgan fingerprint density at radius 2 is 1.17 bits per heavy atom. The fourth-order valence-electron chi connectivity index (χ4n) is 0.961. The highest BCUT2D eigenvalue weighted by atomic mass is 16.4. The predicted octanol–water partition coefficient (Wildman–Crippen LogP) is 3.15. The lowest BCUT2D eigenvalue weighted by atomic mass is 10.3. The Hall–Kier alpha value is -1.70. The molecule has 2 rings (SSSR count). The van der Waals surface area contributed by atoms with E-state index in [1.807, 2.05) is 24.3 Å². The molecule has 0 bridgehead atoms. The number of hydrogen-bond acceptors (Lipinski definition) is 2. The average Bonchev–Trinajstić information content (AvgIpc) is 2.06. The second-order valence-corrected chi connectivity index (χ2v) is 2.34. The van der Waals surface area contributed by atoms with Crippen LogP contribution in [0.5, 0.6) is 0 Å². The van der Waals surface area contributed by atoms with Gasteiger partial charge in [0.1, 0.15) is 0 Å². The molecule has 2 aromatic rings. The molecule has 0 atom stereocenters. The van der Waals surface area contributed by atoms with E-state index in [0.717, 1.165) is 11.2 Å². The van der Waals surface area contributed by atoms with Gasteiger partial charge in [-0.15, -0.1) is 0 Å². The normalized spacial score (nSPS) is 9.67. The zero-order chi connectivity index (χ0) is 8.23. The number of hydrogen-bond donors (Lipinski definition) is 0. The lowest BCUT2D eigenvalue weighted by molar-refractivity contribution is 0.561. The first-order valence-electron chi connectivity index (χ1n) is 3.71. The summed E-state index contributed by atoms with van der Waals surface area (Å²) in [5.74, 6) is 0. The highest BCUT2D eigenvalue weighted by molar-refractivity contribution is 5.68. The molecule has 0 fully saturated rings. The van der Waals surface area contributed by atoms with E-state index in [1.165, 1.54) is 0 Å². The Balaban J connectivity index is 2.83. The van der Waals surface area contributed by atoms with Crippen molar-refractivity contribution in [3.05, 3.63) is 48.9 Å². The van der Waals surface area contributed by atoms with E-state index in [0.29, 0.717) is 0 Å². The first kappa shape index (κ1) is 6.98. The molecule has 12 heavy (non-hydrogen) atoms. The summed E-state index contributed by atoms with van der Waals surface area (Å²) >= 11 is 0. The second kappa shape index (κ2) is 3.13. The molecule has 0 amide bonds. The van der Waals surface area contributed by atoms with E-state index in [1.54, 1.807) is 24.7 Å². The number of rotatable bonds is 0. The summed E-state index contributed by atoms with van der Waals surface area (Å²) in [6.07, 6.45) is 3.25. The molecule has 0 aliphatic rings. The van der Waals surface area contributed by atoms with Crippen molar-refractivity contribution in [2.24, 2.45) is 0 Å². The zero-order valence-electron chi connectivity index (χ0n) is 6.44. The lowest BCUT2D eigenvalue weighted by Crippen LogP contribution is -1.65. The van der Waals surface area contributed by atoms with Gasteiger partial charge in [-0.25, -0.2) is 0 Å². The topological polar surface area (TPSA) is 26.3 Å². The summed E-state index contributed by atoms with van der Waals surface area (Å²) in [7, 11) is 0. The van der Waals surface area contributed by atoms with Crippen LogP contribution in [-0.2, 0) is 0 Å². The minimum atomic E-state index is 0.734. The summed E-state index contributed by atoms with van der Waals surface area (Å²) in [6, 6.07) is 11.1. The SMILES string of the molecule is c1ccoc2ccccc2oc1. The molecule has 0 N–H and O–H groups in total. The lowest BCUT2D eigenvalue weighted by Gasteiger charge is -1.90. The van der Waals surface area contributed by atoms with Gasteiger partial charge in [0.2, 0.25) is 0 Å². The molecule has 0 spiro atoms. The van der Waals surface area contributed by atoms with Crippen molar-refractivity contribution in [1.29, 1.82) is 0 Å². The number of para-hydroxylation sites is 2. The predicted molar refractivity (Wildman–Crippen MR) is 46.1 cm³/mol. The van der Waals surface area contributed by atoms with Crippen molar-refractivity contribution in [1.82, 2.24) is 0 Å². The Morgan fingerprint density at radius 1 is 0.667 bits per heavy atom. The minimum Gasteiger partial charge on any atom is -0.461 e. The molecule has 1 aromatic heterocycles. The summed E-state index contributed by atoms with van der Waals surface area (Å²) in [4.78, 5) is 0. The standard InChI is InChI=1S/C10H8O2/c1-2-6-10-9(5-1)11-7-3-4-8-12-10/h1-8H. The van der Waals surface area contributed by atoms with Gasteiger partial charge >= 0.3 is 0 Å². The third-order valence-corrected chi connectivity index (χ3v) is 1.51. The summed E-state index contributed by atoms with van der Waals surface area (Å²) in [5.41, 5.74) is 1.47. The summed E-state index contributed by atoms with van der Waals surface area (Å²) in [6.45, 7) is 0. The molecule has 60 valence electrons. The molecular weight excluding hydrogens is 152 g/mol. The Kier molecular flexibility index (Phi) is 1.82. The molecule has 1 heterocycles. The van der Waals surface area contributed by atoms with Crippen LogP contribution in [-0.4, -0.2) is 0 Å². The van der Waals surface area contributed by atoms with E-state index < -0.39 is 0 Å². The number of benzene rings is 1. The van der Waals surface area contributed by atoms with Crippen LogP contribution in [0.2, 0.25) is 0 Å². The van der Waals surface area contributed by atoms with Gasteiger partial charge in [-0.05, 0) is 24.3 Å². The van der Waals surface area contributed by atoms with Crippen molar-refractivity contribution >= 4 is 11.2 Å². The van der Waals surface area contributed by atoms with Crippen molar-refractivity contribution in [3.63, 3.8) is 0 Å². The number of fused-ring (bicyclic) bond motifs is 1. The van der Waals surface area contributed by atoms with E-state index >= 15 is 0 Å². The van der Waals surface area contributed by atoms with E-state index in [2.05, 4.69) is 0 Å². The molecule has 0 aliphatic carbocycles. The quantitative estimate of drug-likeness (QED) is 0.591. The van der Waals surface area contributed by atoms with Crippen molar-refractivity contribution in [2.45, 2.75) is 0 Å². The molecule has 0 saturated heterocycles. The van der Waals surface area contributed by atoms with E-state index in [-0.39, 0.29) is 0 Å². The van der Waals surface area contributed by atoms with Crippen LogP contribution in [0, 0.1) is 0 Å². The van der Waals surface area contributed by atoms with Crippen LogP contribution in [0.3, 0.4) is 0 Å². The van der Waals surface area contributed by atoms with Gasteiger partial charge in [0.05, 0.1) is 12.5 Å². The maximum Gasteiger partial charge on any atom is 0.168 e. The third kappa shape index (κ3) is 1.32. The molecule has 1 aromatic carbocycles. The van der Waals surface area contributed by atoms with Crippen molar-refractivity contribution < 1.29 is 8.83 Å². The van der Waals surface area contributed by atoms with E-state index in [4.69, 9.17) is 8.83 Å². The molecule has 0 radical (unpaired) electrons. The van der Waals surface area contributed by atoms with Crippen molar-refractivity contribution in [2.75, 3.05) is 0 Å². The molecule has 0 unspecified atom stereocenters. The Morgan fingerprint density at radius 3 is 1.67 bits per heavy atom. The van der Waals surface area contributed by atoms with Crippen LogP contribution >= 0.6 is 0 Å². The first-order chi connectivity index (χ1) is 5.97. The average molecular weight is 160 g/mol. The van der Waals surface area contributed by atoms with Gasteiger partial charge < -0.3 is 8.83 Å². The highest BCUT2D eigenvalue weighted by Gasteiger charge is 1.88. The van der Waals surface area contributed by atoms with Gasteiger partial charge in [0.15, 0.2) is 11.2 Å². The van der Waals surface area contributed by atoms with Gasteiger partial charge in [-0.3, -0.25) is 0 Å². The highest BCUT2D eigenvalue weighted by Crippen LogP contribution is 2.09. The van der Waals surface area contributed by atoms with Gasteiger partial charge in [0, 0.05) is 0 Å². The van der Waals surface area contributed by atoms with Gasteiger partial charge in [-0.2, -0.15) is 0 Å².